The molecule has 4 N–H and O–H groups in total. The quantitative estimate of drug-likeness (QED) is 0.0953. The van der Waals surface area contributed by atoms with E-state index in [1.165, 1.54) is 32.7 Å². The van der Waals surface area contributed by atoms with Crippen molar-refractivity contribution in [1.29, 1.82) is 0 Å². The Balaban J connectivity index is 1.35. The Labute approximate surface area is 286 Å². The maximum absolute atomic E-state index is 14.3. The van der Waals surface area contributed by atoms with Crippen molar-refractivity contribution in [3.8, 4) is 0 Å². The number of amides is 2. The minimum atomic E-state index is -1.26. The predicted molar refractivity (Wildman–Crippen MR) is 196 cm³/mol. The van der Waals surface area contributed by atoms with Gasteiger partial charge in [0.2, 0.25) is 11.8 Å². The van der Waals surface area contributed by atoms with Crippen molar-refractivity contribution in [1.82, 2.24) is 4.90 Å². The number of primary amides is 1. The molecule has 256 valence electrons. The van der Waals surface area contributed by atoms with Gasteiger partial charge in [-0.2, -0.15) is 0 Å². The van der Waals surface area contributed by atoms with E-state index in [1.54, 1.807) is 4.90 Å². The summed E-state index contributed by atoms with van der Waals surface area (Å²) in [4.78, 5) is 28.7. The van der Waals surface area contributed by atoms with Crippen LogP contribution >= 0.6 is 0 Å². The Morgan fingerprint density at radius 1 is 0.688 bits per heavy atom. The lowest BCUT2D eigenvalue weighted by Crippen LogP contribution is -2.60. The van der Waals surface area contributed by atoms with Crippen LogP contribution in [0.2, 0.25) is 0 Å². The summed E-state index contributed by atoms with van der Waals surface area (Å²) >= 11 is 0. The summed E-state index contributed by atoms with van der Waals surface area (Å²) in [5.41, 5.74) is 4.79. The van der Waals surface area contributed by atoms with E-state index >= 15 is 0 Å². The molecule has 6 heteroatoms. The lowest BCUT2D eigenvalue weighted by Gasteiger charge is -2.45. The van der Waals surface area contributed by atoms with Gasteiger partial charge in [0.1, 0.15) is 5.41 Å². The minimum Gasteiger partial charge on any atom is -0.388 e. The molecule has 6 nitrogen and oxygen atoms in total. The van der Waals surface area contributed by atoms with E-state index in [2.05, 4.69) is 72.8 Å². The van der Waals surface area contributed by atoms with Crippen LogP contribution in [0.3, 0.4) is 0 Å². The largest absolute Gasteiger partial charge is 0.388 e. The van der Waals surface area contributed by atoms with Gasteiger partial charge in [0.25, 0.3) is 0 Å². The first-order valence-electron chi connectivity index (χ1n) is 18.1. The molecule has 4 aromatic rings. The topological polar surface area (TPSA) is 104 Å². The molecule has 48 heavy (non-hydrogen) atoms. The van der Waals surface area contributed by atoms with Crippen LogP contribution in [0.4, 0.5) is 0 Å². The van der Waals surface area contributed by atoms with Crippen molar-refractivity contribution in [2.75, 3.05) is 13.1 Å². The van der Waals surface area contributed by atoms with Crippen LogP contribution in [0.15, 0.2) is 84.9 Å². The van der Waals surface area contributed by atoms with Crippen molar-refractivity contribution >= 4 is 33.4 Å². The second-order valence-electron chi connectivity index (χ2n) is 14.4. The Morgan fingerprint density at radius 2 is 1.12 bits per heavy atom. The molecule has 4 aromatic carbocycles. The highest BCUT2D eigenvalue weighted by Gasteiger charge is 2.53. The highest BCUT2D eigenvalue weighted by atomic mass is 16.3. The third-order valence-electron chi connectivity index (χ3n) is 10.7. The van der Waals surface area contributed by atoms with E-state index in [1.807, 2.05) is 26.0 Å². The first-order valence-corrected chi connectivity index (χ1v) is 18.1. The molecule has 0 aliphatic heterocycles. The van der Waals surface area contributed by atoms with E-state index in [0.29, 0.717) is 38.5 Å². The summed E-state index contributed by atoms with van der Waals surface area (Å²) in [6, 6.07) is 29.4. The molecule has 0 bridgehead atoms. The lowest BCUT2D eigenvalue weighted by molar-refractivity contribution is -0.162. The maximum Gasteiger partial charge on any atom is 0.238 e. The van der Waals surface area contributed by atoms with Gasteiger partial charge in [0.15, 0.2) is 0 Å². The summed E-state index contributed by atoms with van der Waals surface area (Å²) in [7, 11) is 0. The normalized spacial score (nSPS) is 16.6. The highest BCUT2D eigenvalue weighted by Crippen LogP contribution is 2.43. The van der Waals surface area contributed by atoms with Gasteiger partial charge in [-0.3, -0.25) is 9.59 Å². The zero-order chi connectivity index (χ0) is 34.2. The molecular formula is C42H54N2O4. The molecule has 2 amide bonds. The van der Waals surface area contributed by atoms with Gasteiger partial charge in [-0.1, -0.05) is 118 Å². The zero-order valence-corrected chi connectivity index (χ0v) is 28.9. The number of carbonyl (C=O) groups is 2. The Hall–Kier alpha value is -3.74. The van der Waals surface area contributed by atoms with Crippen LogP contribution < -0.4 is 5.73 Å². The van der Waals surface area contributed by atoms with Crippen LogP contribution in [0.1, 0.15) is 95.6 Å². The van der Waals surface area contributed by atoms with Crippen molar-refractivity contribution in [2.45, 2.75) is 109 Å². The summed E-state index contributed by atoms with van der Waals surface area (Å²) in [5.74, 6) is -0.942. The Bertz CT molecular complexity index is 1580. The molecule has 1 aliphatic carbocycles. The first-order chi connectivity index (χ1) is 23.1. The average molecular weight is 651 g/mol. The van der Waals surface area contributed by atoms with Gasteiger partial charge < -0.3 is 20.8 Å². The molecule has 2 atom stereocenters. The SMILES string of the molecule is CCCC(O)(CCCc1cccc2ccccc12)CN(CC(O)(CCC)CCCc1cccc2ccccc12)C(=O)C1(C(N)=O)CCC1. The zero-order valence-electron chi connectivity index (χ0n) is 28.9. The van der Waals surface area contributed by atoms with Crippen molar-refractivity contribution in [3.05, 3.63) is 96.1 Å². The van der Waals surface area contributed by atoms with E-state index in [-0.39, 0.29) is 19.0 Å². The van der Waals surface area contributed by atoms with E-state index in [4.69, 9.17) is 5.73 Å². The number of hydrogen-bond donors (Lipinski definition) is 3. The summed E-state index contributed by atoms with van der Waals surface area (Å²) in [5, 5.41) is 29.2. The van der Waals surface area contributed by atoms with Gasteiger partial charge in [0.05, 0.1) is 11.2 Å². The van der Waals surface area contributed by atoms with Crippen molar-refractivity contribution < 1.29 is 19.8 Å². The Kier molecular flexibility index (Phi) is 11.6. The molecule has 0 heterocycles. The molecule has 5 rings (SSSR count). The fourth-order valence-electron chi connectivity index (χ4n) is 8.04. The third-order valence-corrected chi connectivity index (χ3v) is 10.7. The van der Waals surface area contributed by atoms with Gasteiger partial charge in [-0.05, 0) is 96.9 Å². The van der Waals surface area contributed by atoms with Crippen LogP contribution in [0.25, 0.3) is 21.5 Å². The molecular weight excluding hydrogens is 596 g/mol. The minimum absolute atomic E-state index is 0.0690. The van der Waals surface area contributed by atoms with E-state index in [9.17, 15) is 19.8 Å². The molecule has 1 aliphatic rings. The number of hydrogen-bond acceptors (Lipinski definition) is 4. The average Bonchev–Trinajstić information content (AvgIpc) is 3.04. The number of nitrogens with zero attached hydrogens (tertiary/aromatic N) is 1. The number of rotatable bonds is 18. The van der Waals surface area contributed by atoms with Crippen LogP contribution in [-0.4, -0.2) is 51.2 Å². The van der Waals surface area contributed by atoms with Gasteiger partial charge in [-0.15, -0.1) is 0 Å². The monoisotopic (exact) mass is 650 g/mol. The standard InChI is InChI=1S/C42H54N2O4/c1-3-24-40(47,26-11-20-34-18-9-16-32-14-5-7-22-36(32)34)30-44(39(46)42(38(43)45)28-13-29-42)31-41(48,25-4-2)27-12-21-35-19-10-17-33-15-6-8-23-37(33)35/h5-10,14-19,22-23,47-48H,3-4,11-13,20-21,24-31H2,1-2H3,(H2,43,45). The third kappa shape index (κ3) is 8.10. The summed E-state index contributed by atoms with van der Waals surface area (Å²) < 4.78 is 0. The van der Waals surface area contributed by atoms with Crippen molar-refractivity contribution in [2.24, 2.45) is 11.1 Å². The number of nitrogens with two attached hydrogens (primary N) is 1. The number of aryl methyl sites for hydroxylation is 2. The lowest BCUT2D eigenvalue weighted by atomic mass is 9.67. The molecule has 1 fully saturated rings. The molecule has 2 unspecified atom stereocenters. The fraction of sp³-hybridized carbons (Fsp3) is 0.476. The van der Waals surface area contributed by atoms with E-state index in [0.717, 1.165) is 44.9 Å². The fourth-order valence-corrected chi connectivity index (χ4v) is 8.04. The molecule has 0 aromatic heterocycles. The molecule has 1 saturated carbocycles. The second kappa shape index (κ2) is 15.7. The van der Waals surface area contributed by atoms with Crippen LogP contribution in [-0.2, 0) is 22.4 Å². The van der Waals surface area contributed by atoms with Gasteiger partial charge in [-0.25, -0.2) is 0 Å². The number of carbonyl (C=O) groups excluding carboxylic acids is 2. The van der Waals surface area contributed by atoms with Crippen LogP contribution in [0, 0.1) is 5.41 Å². The number of benzene rings is 4. The number of aliphatic hydroxyl groups is 2. The molecule has 0 radical (unpaired) electrons. The first kappa shape index (κ1) is 35.6. The van der Waals surface area contributed by atoms with Crippen LogP contribution in [0.5, 0.6) is 0 Å². The van der Waals surface area contributed by atoms with Gasteiger partial charge >= 0.3 is 0 Å². The molecule has 0 spiro atoms. The number of fused-ring (bicyclic) bond motifs is 2. The maximum atomic E-state index is 14.3. The predicted octanol–water partition coefficient (Wildman–Crippen LogP) is 7.89. The highest BCUT2D eigenvalue weighted by molar-refractivity contribution is 6.05. The smallest absolute Gasteiger partial charge is 0.238 e. The molecule has 0 saturated heterocycles. The summed E-state index contributed by atoms with van der Waals surface area (Å²) in [6.07, 6.45) is 8.24. The van der Waals surface area contributed by atoms with Gasteiger partial charge in [0, 0.05) is 13.1 Å². The van der Waals surface area contributed by atoms with Crippen molar-refractivity contribution in [3.63, 3.8) is 0 Å². The summed E-state index contributed by atoms with van der Waals surface area (Å²) in [6.45, 7) is 4.22. The second-order valence-corrected chi connectivity index (χ2v) is 14.4. The van der Waals surface area contributed by atoms with E-state index < -0.39 is 22.5 Å². The Morgan fingerprint density at radius 3 is 1.52 bits per heavy atom.